The Morgan fingerprint density at radius 2 is 1.96 bits per heavy atom. The van der Waals surface area contributed by atoms with E-state index >= 15 is 0 Å². The molecule has 1 N–H and O–H groups in total. The Balaban J connectivity index is 2.01. The molecule has 1 atom stereocenters. The molecule has 2 aromatic rings. The van der Waals surface area contributed by atoms with Gasteiger partial charge in [-0.2, -0.15) is 0 Å². The Hall–Kier alpha value is -2.38. The average Bonchev–Trinajstić information content (AvgIpc) is 3.29. The van der Waals surface area contributed by atoms with Crippen LogP contribution in [-0.4, -0.2) is 37.8 Å². The molecule has 150 valence electrons. The average molecular weight is 404 g/mol. The molecule has 1 unspecified atom stereocenters. The fraction of sp³-hybridized carbons (Fsp3) is 0.429. The van der Waals surface area contributed by atoms with E-state index in [9.17, 15) is 9.59 Å². The van der Waals surface area contributed by atoms with Crippen LogP contribution < -0.4 is 10.1 Å². The van der Waals surface area contributed by atoms with Gasteiger partial charge in [-0.25, -0.2) is 4.79 Å². The van der Waals surface area contributed by atoms with Crippen LogP contribution in [-0.2, 0) is 14.3 Å². The highest BCUT2D eigenvalue weighted by Gasteiger charge is 2.29. The molecule has 7 heteroatoms. The SMILES string of the molecule is COc1ccc(-c2c(C)sc(NC(=O)C3CCCO3)c2C(=O)OC(C)C)cc1. The maximum atomic E-state index is 12.9. The number of rotatable bonds is 6. The van der Waals surface area contributed by atoms with Crippen LogP contribution in [0, 0.1) is 6.92 Å². The number of carbonyl (C=O) groups is 2. The highest BCUT2D eigenvalue weighted by Crippen LogP contribution is 2.41. The molecule has 1 fully saturated rings. The molecule has 1 aliphatic heterocycles. The van der Waals surface area contributed by atoms with E-state index in [-0.39, 0.29) is 12.0 Å². The van der Waals surface area contributed by atoms with Crippen molar-refractivity contribution < 1.29 is 23.8 Å². The zero-order chi connectivity index (χ0) is 20.3. The van der Waals surface area contributed by atoms with Crippen LogP contribution in [0.4, 0.5) is 5.00 Å². The molecule has 3 rings (SSSR count). The minimum absolute atomic E-state index is 0.223. The third-order valence-electron chi connectivity index (χ3n) is 4.47. The van der Waals surface area contributed by atoms with Crippen molar-refractivity contribution >= 4 is 28.2 Å². The number of benzene rings is 1. The van der Waals surface area contributed by atoms with Crippen molar-refractivity contribution in [3.05, 3.63) is 34.7 Å². The molecule has 1 aliphatic rings. The van der Waals surface area contributed by atoms with Gasteiger partial charge in [0, 0.05) is 17.0 Å². The first kappa shape index (κ1) is 20.4. The number of carbonyl (C=O) groups excluding carboxylic acids is 2. The Labute approximate surface area is 168 Å². The Kier molecular flexibility index (Phi) is 6.36. The number of aryl methyl sites for hydroxylation is 1. The molecular formula is C21H25NO5S. The highest BCUT2D eigenvalue weighted by molar-refractivity contribution is 7.17. The molecule has 2 heterocycles. The quantitative estimate of drug-likeness (QED) is 0.723. The zero-order valence-electron chi connectivity index (χ0n) is 16.5. The fourth-order valence-electron chi connectivity index (χ4n) is 3.18. The summed E-state index contributed by atoms with van der Waals surface area (Å²) in [7, 11) is 1.61. The molecule has 1 amide bonds. The lowest BCUT2D eigenvalue weighted by atomic mass is 10.0. The van der Waals surface area contributed by atoms with Crippen LogP contribution in [0.25, 0.3) is 11.1 Å². The van der Waals surface area contributed by atoms with Gasteiger partial charge in [-0.15, -0.1) is 11.3 Å². The number of thiophene rings is 1. The normalized spacial score (nSPS) is 16.2. The van der Waals surface area contributed by atoms with Crippen molar-refractivity contribution in [3.8, 4) is 16.9 Å². The van der Waals surface area contributed by atoms with Crippen LogP contribution in [0.3, 0.4) is 0 Å². The van der Waals surface area contributed by atoms with Gasteiger partial charge < -0.3 is 19.5 Å². The summed E-state index contributed by atoms with van der Waals surface area (Å²) >= 11 is 1.37. The maximum Gasteiger partial charge on any atom is 0.342 e. The van der Waals surface area contributed by atoms with E-state index < -0.39 is 12.1 Å². The van der Waals surface area contributed by atoms with Crippen molar-refractivity contribution in [2.24, 2.45) is 0 Å². The summed E-state index contributed by atoms with van der Waals surface area (Å²) in [4.78, 5) is 26.4. The van der Waals surface area contributed by atoms with Gasteiger partial charge in [0.1, 0.15) is 22.4 Å². The second-order valence-corrected chi connectivity index (χ2v) is 8.14. The van der Waals surface area contributed by atoms with Crippen LogP contribution in [0.5, 0.6) is 5.75 Å². The molecule has 0 bridgehead atoms. The first-order valence-electron chi connectivity index (χ1n) is 9.32. The number of nitrogens with one attached hydrogen (secondary N) is 1. The molecule has 0 spiro atoms. The molecule has 28 heavy (non-hydrogen) atoms. The van der Waals surface area contributed by atoms with Gasteiger partial charge in [0.2, 0.25) is 0 Å². The lowest BCUT2D eigenvalue weighted by molar-refractivity contribution is -0.124. The van der Waals surface area contributed by atoms with Crippen molar-refractivity contribution in [3.63, 3.8) is 0 Å². The predicted molar refractivity (Wildman–Crippen MR) is 109 cm³/mol. The second-order valence-electron chi connectivity index (χ2n) is 6.91. The summed E-state index contributed by atoms with van der Waals surface area (Å²) in [6, 6.07) is 7.47. The predicted octanol–water partition coefficient (Wildman–Crippen LogP) is 4.41. The summed E-state index contributed by atoms with van der Waals surface area (Å²) in [6.45, 7) is 6.11. The minimum atomic E-state index is -0.471. The van der Waals surface area contributed by atoms with E-state index in [0.29, 0.717) is 23.6 Å². The van der Waals surface area contributed by atoms with Gasteiger partial charge in [0.05, 0.1) is 13.2 Å². The number of methoxy groups -OCH3 is 1. The fourth-order valence-corrected chi connectivity index (χ4v) is 4.25. The largest absolute Gasteiger partial charge is 0.497 e. The maximum absolute atomic E-state index is 12.9. The number of hydrogen-bond donors (Lipinski definition) is 1. The third-order valence-corrected chi connectivity index (χ3v) is 5.49. The standard InChI is InChI=1S/C21H25NO5S/c1-12(2)27-21(24)18-17(14-7-9-15(25-4)10-8-14)13(3)28-20(18)22-19(23)16-6-5-11-26-16/h7-10,12,16H,5-6,11H2,1-4H3,(H,22,23). The van der Waals surface area contributed by atoms with E-state index in [1.165, 1.54) is 11.3 Å². The van der Waals surface area contributed by atoms with Crippen molar-refractivity contribution in [2.45, 2.75) is 45.8 Å². The number of anilines is 1. The molecular weight excluding hydrogens is 378 g/mol. The van der Waals surface area contributed by atoms with E-state index in [0.717, 1.165) is 28.2 Å². The number of ether oxygens (including phenoxy) is 3. The first-order valence-corrected chi connectivity index (χ1v) is 10.1. The van der Waals surface area contributed by atoms with Crippen LogP contribution in [0.15, 0.2) is 24.3 Å². The van der Waals surface area contributed by atoms with E-state index in [4.69, 9.17) is 14.2 Å². The van der Waals surface area contributed by atoms with E-state index in [1.807, 2.05) is 31.2 Å². The zero-order valence-corrected chi connectivity index (χ0v) is 17.4. The van der Waals surface area contributed by atoms with Crippen LogP contribution >= 0.6 is 11.3 Å². The van der Waals surface area contributed by atoms with Crippen LogP contribution in [0.1, 0.15) is 41.9 Å². The van der Waals surface area contributed by atoms with E-state index in [2.05, 4.69) is 5.32 Å². The van der Waals surface area contributed by atoms with Gasteiger partial charge in [-0.05, 0) is 51.3 Å². The Morgan fingerprint density at radius 3 is 2.54 bits per heavy atom. The number of hydrogen-bond acceptors (Lipinski definition) is 6. The van der Waals surface area contributed by atoms with Gasteiger partial charge in [-0.3, -0.25) is 4.79 Å². The molecule has 6 nitrogen and oxygen atoms in total. The van der Waals surface area contributed by atoms with Gasteiger partial charge in [0.15, 0.2) is 0 Å². The molecule has 1 saturated heterocycles. The Bertz CT molecular complexity index is 850. The highest BCUT2D eigenvalue weighted by atomic mass is 32.1. The molecule has 1 aromatic heterocycles. The molecule has 1 aromatic carbocycles. The van der Waals surface area contributed by atoms with Crippen molar-refractivity contribution in [2.75, 3.05) is 19.0 Å². The summed E-state index contributed by atoms with van der Waals surface area (Å²) in [5.74, 6) is 0.0567. The lowest BCUT2D eigenvalue weighted by Gasteiger charge is -2.13. The summed E-state index contributed by atoms with van der Waals surface area (Å²) < 4.78 is 16.1. The van der Waals surface area contributed by atoms with E-state index in [1.54, 1.807) is 21.0 Å². The topological polar surface area (TPSA) is 73.9 Å². The Morgan fingerprint density at radius 1 is 1.25 bits per heavy atom. The summed E-state index contributed by atoms with van der Waals surface area (Å²) in [6.07, 6.45) is 0.813. The molecule has 0 saturated carbocycles. The minimum Gasteiger partial charge on any atom is -0.497 e. The molecule has 0 radical (unpaired) electrons. The summed E-state index contributed by atoms with van der Waals surface area (Å²) in [5, 5.41) is 3.38. The monoisotopic (exact) mass is 403 g/mol. The number of amides is 1. The van der Waals surface area contributed by atoms with Crippen molar-refractivity contribution in [1.82, 2.24) is 0 Å². The second kappa shape index (κ2) is 8.75. The third kappa shape index (κ3) is 4.36. The van der Waals surface area contributed by atoms with Gasteiger partial charge in [-0.1, -0.05) is 12.1 Å². The summed E-state index contributed by atoms with van der Waals surface area (Å²) in [5.41, 5.74) is 2.01. The molecule has 0 aliphatic carbocycles. The van der Waals surface area contributed by atoms with Crippen LogP contribution in [0.2, 0.25) is 0 Å². The smallest absolute Gasteiger partial charge is 0.342 e. The number of esters is 1. The lowest BCUT2D eigenvalue weighted by Crippen LogP contribution is -2.27. The van der Waals surface area contributed by atoms with Crippen molar-refractivity contribution in [1.29, 1.82) is 0 Å². The first-order chi connectivity index (χ1) is 13.4. The van der Waals surface area contributed by atoms with Gasteiger partial charge in [0.25, 0.3) is 5.91 Å². The van der Waals surface area contributed by atoms with Gasteiger partial charge >= 0.3 is 5.97 Å².